The smallest absolute Gasteiger partial charge is 0.264 e. The molecule has 0 saturated carbocycles. The van der Waals surface area contributed by atoms with E-state index < -0.39 is 0 Å². The highest BCUT2D eigenvalue weighted by Gasteiger charge is 2.37. The van der Waals surface area contributed by atoms with Crippen molar-refractivity contribution in [1.82, 2.24) is 9.80 Å². The zero-order valence-electron chi connectivity index (χ0n) is 15.0. The Morgan fingerprint density at radius 1 is 1.16 bits per heavy atom. The molecule has 5 nitrogen and oxygen atoms in total. The number of aryl methyl sites for hydroxylation is 1. The number of nitrogens with zero attached hydrogens (tertiary/aromatic N) is 2. The second-order valence-electron chi connectivity index (χ2n) is 7.54. The van der Waals surface area contributed by atoms with Gasteiger partial charge in [-0.05, 0) is 43.2 Å². The van der Waals surface area contributed by atoms with E-state index in [4.69, 9.17) is 9.47 Å². The van der Waals surface area contributed by atoms with Gasteiger partial charge in [0, 0.05) is 51.4 Å². The summed E-state index contributed by atoms with van der Waals surface area (Å²) in [6.07, 6.45) is 3.50. The minimum absolute atomic E-state index is 0.172. The van der Waals surface area contributed by atoms with Crippen LogP contribution in [-0.4, -0.2) is 73.9 Å². The van der Waals surface area contributed by atoms with Crippen LogP contribution >= 0.6 is 11.3 Å². The molecule has 3 aliphatic rings. The average molecular weight is 365 g/mol. The number of likely N-dealkylation sites (tertiary alicyclic amines) is 1. The van der Waals surface area contributed by atoms with E-state index in [1.165, 1.54) is 5.56 Å². The molecule has 1 aromatic rings. The number of carbonyl (C=O) groups excluding carboxylic acids is 1. The quantitative estimate of drug-likeness (QED) is 0.808. The summed E-state index contributed by atoms with van der Waals surface area (Å²) in [7, 11) is 0. The highest BCUT2D eigenvalue weighted by atomic mass is 32.1. The lowest BCUT2D eigenvalue weighted by molar-refractivity contribution is -0.0172. The summed E-state index contributed by atoms with van der Waals surface area (Å²) in [5.74, 6) is 0.713. The van der Waals surface area contributed by atoms with E-state index >= 15 is 0 Å². The first-order valence-electron chi connectivity index (χ1n) is 9.48. The third-order valence-electron chi connectivity index (χ3n) is 5.81. The first-order chi connectivity index (χ1) is 12.2. The molecule has 138 valence electrons. The SMILES string of the molecule is Cc1csc(C(=O)N2CCC3CN(C4CCOCC4)CCOC3C2)c1. The van der Waals surface area contributed by atoms with Crippen LogP contribution in [0.1, 0.15) is 34.5 Å². The van der Waals surface area contributed by atoms with Crippen molar-refractivity contribution < 1.29 is 14.3 Å². The van der Waals surface area contributed by atoms with Crippen LogP contribution in [0, 0.1) is 12.8 Å². The minimum atomic E-state index is 0.172. The maximum Gasteiger partial charge on any atom is 0.264 e. The lowest BCUT2D eigenvalue weighted by Crippen LogP contribution is -2.50. The monoisotopic (exact) mass is 364 g/mol. The van der Waals surface area contributed by atoms with Crippen molar-refractivity contribution in [3.63, 3.8) is 0 Å². The maximum absolute atomic E-state index is 12.7. The van der Waals surface area contributed by atoms with Gasteiger partial charge in [0.25, 0.3) is 5.91 Å². The van der Waals surface area contributed by atoms with Crippen molar-refractivity contribution in [3.8, 4) is 0 Å². The van der Waals surface area contributed by atoms with E-state index in [1.54, 1.807) is 11.3 Å². The molecule has 3 saturated heterocycles. The molecule has 3 aliphatic heterocycles. The number of hydrogen-bond donors (Lipinski definition) is 0. The number of thiophene rings is 1. The Balaban J connectivity index is 1.38. The van der Waals surface area contributed by atoms with Crippen molar-refractivity contribution in [2.45, 2.75) is 38.3 Å². The number of carbonyl (C=O) groups is 1. The second-order valence-corrected chi connectivity index (χ2v) is 8.45. The van der Waals surface area contributed by atoms with E-state index in [-0.39, 0.29) is 12.0 Å². The van der Waals surface area contributed by atoms with Crippen LogP contribution in [0.3, 0.4) is 0 Å². The largest absolute Gasteiger partial charge is 0.381 e. The summed E-state index contributed by atoms with van der Waals surface area (Å²) in [5, 5.41) is 2.05. The topological polar surface area (TPSA) is 42.0 Å². The van der Waals surface area contributed by atoms with Gasteiger partial charge in [0.05, 0.1) is 17.6 Å². The van der Waals surface area contributed by atoms with Crippen molar-refractivity contribution in [3.05, 3.63) is 21.9 Å². The first kappa shape index (κ1) is 17.5. The Labute approximate surface area is 153 Å². The van der Waals surface area contributed by atoms with Gasteiger partial charge in [0.2, 0.25) is 0 Å². The van der Waals surface area contributed by atoms with Crippen LogP contribution in [0.15, 0.2) is 11.4 Å². The van der Waals surface area contributed by atoms with Crippen LogP contribution in [0.4, 0.5) is 0 Å². The fourth-order valence-corrected chi connectivity index (χ4v) is 5.21. The molecule has 0 aromatic carbocycles. The summed E-state index contributed by atoms with van der Waals surface area (Å²) in [5.41, 5.74) is 1.17. The van der Waals surface area contributed by atoms with E-state index in [9.17, 15) is 4.79 Å². The summed E-state index contributed by atoms with van der Waals surface area (Å²) in [6, 6.07) is 2.64. The molecule has 0 N–H and O–H groups in total. The first-order valence-corrected chi connectivity index (χ1v) is 10.4. The zero-order chi connectivity index (χ0) is 17.2. The standard InChI is InChI=1S/C19H28N2O3S/c1-14-10-18(25-13-14)19(22)21-5-2-15-11-20(6-9-24-17(15)12-21)16-3-7-23-8-4-16/h10,13,15-17H,2-9,11-12H2,1H3. The Morgan fingerprint density at radius 3 is 2.76 bits per heavy atom. The molecule has 4 rings (SSSR count). The summed E-state index contributed by atoms with van der Waals surface area (Å²) < 4.78 is 11.7. The van der Waals surface area contributed by atoms with Gasteiger partial charge in [-0.15, -0.1) is 11.3 Å². The molecule has 6 heteroatoms. The number of ether oxygens (including phenoxy) is 2. The summed E-state index contributed by atoms with van der Waals surface area (Å²) >= 11 is 1.55. The van der Waals surface area contributed by atoms with Gasteiger partial charge in [0.15, 0.2) is 0 Å². The van der Waals surface area contributed by atoms with Gasteiger partial charge in [-0.2, -0.15) is 0 Å². The molecule has 0 bridgehead atoms. The summed E-state index contributed by atoms with van der Waals surface area (Å²) in [6.45, 7) is 8.30. The Kier molecular flexibility index (Phi) is 5.41. The van der Waals surface area contributed by atoms with E-state index in [1.807, 2.05) is 23.3 Å². The van der Waals surface area contributed by atoms with Gasteiger partial charge in [0.1, 0.15) is 0 Å². The molecule has 1 aromatic heterocycles. The van der Waals surface area contributed by atoms with E-state index in [0.29, 0.717) is 12.0 Å². The molecule has 2 unspecified atom stereocenters. The van der Waals surface area contributed by atoms with Crippen LogP contribution < -0.4 is 0 Å². The molecule has 1 amide bonds. The number of hydrogen-bond acceptors (Lipinski definition) is 5. The third-order valence-corrected chi connectivity index (χ3v) is 6.85. The van der Waals surface area contributed by atoms with Crippen molar-refractivity contribution >= 4 is 17.2 Å². The Morgan fingerprint density at radius 2 is 2.00 bits per heavy atom. The van der Waals surface area contributed by atoms with Crippen LogP contribution in [-0.2, 0) is 9.47 Å². The van der Waals surface area contributed by atoms with Crippen molar-refractivity contribution in [2.75, 3.05) is 46.0 Å². The molecule has 0 radical (unpaired) electrons. The zero-order valence-corrected chi connectivity index (χ0v) is 15.8. The molecule has 3 fully saturated rings. The molecule has 0 aliphatic carbocycles. The Bertz CT molecular complexity index is 599. The van der Waals surface area contributed by atoms with Gasteiger partial charge in [-0.1, -0.05) is 0 Å². The highest BCUT2D eigenvalue weighted by molar-refractivity contribution is 7.12. The molecule has 4 heterocycles. The number of fused-ring (bicyclic) bond motifs is 1. The maximum atomic E-state index is 12.7. The van der Waals surface area contributed by atoms with Gasteiger partial charge in [-0.3, -0.25) is 9.69 Å². The third kappa shape index (κ3) is 3.92. The number of rotatable bonds is 2. The minimum Gasteiger partial charge on any atom is -0.381 e. The molecular weight excluding hydrogens is 336 g/mol. The fraction of sp³-hybridized carbons (Fsp3) is 0.737. The van der Waals surface area contributed by atoms with Gasteiger partial charge < -0.3 is 14.4 Å². The number of amides is 1. The van der Waals surface area contributed by atoms with Gasteiger partial charge in [-0.25, -0.2) is 0 Å². The molecule has 2 atom stereocenters. The molecular formula is C19H28N2O3S. The average Bonchev–Trinajstić information content (AvgIpc) is 2.96. The van der Waals surface area contributed by atoms with E-state index in [2.05, 4.69) is 4.90 Å². The fourth-order valence-electron chi connectivity index (χ4n) is 4.34. The molecule has 25 heavy (non-hydrogen) atoms. The lowest BCUT2D eigenvalue weighted by Gasteiger charge is -2.39. The predicted octanol–water partition coefficient (Wildman–Crippen LogP) is 2.40. The van der Waals surface area contributed by atoms with Crippen LogP contribution in [0.5, 0.6) is 0 Å². The van der Waals surface area contributed by atoms with Gasteiger partial charge >= 0.3 is 0 Å². The molecule has 0 spiro atoms. The summed E-state index contributed by atoms with van der Waals surface area (Å²) in [4.78, 5) is 18.2. The second kappa shape index (κ2) is 7.74. The number of piperidine rings is 1. The highest BCUT2D eigenvalue weighted by Crippen LogP contribution is 2.28. The Hall–Kier alpha value is -0.950. The lowest BCUT2D eigenvalue weighted by atomic mass is 9.92. The normalized spacial score (nSPS) is 29.2. The van der Waals surface area contributed by atoms with Crippen LogP contribution in [0.2, 0.25) is 0 Å². The van der Waals surface area contributed by atoms with Crippen LogP contribution in [0.25, 0.3) is 0 Å². The predicted molar refractivity (Wildman–Crippen MR) is 98.2 cm³/mol. The van der Waals surface area contributed by atoms with Crippen molar-refractivity contribution in [2.24, 2.45) is 5.92 Å². The van der Waals surface area contributed by atoms with Crippen molar-refractivity contribution in [1.29, 1.82) is 0 Å². The van der Waals surface area contributed by atoms with E-state index in [0.717, 1.165) is 70.1 Å².